The zero-order chi connectivity index (χ0) is 18.2. The van der Waals surface area contributed by atoms with Crippen LogP contribution in [0, 0.1) is 0 Å². The zero-order valence-corrected chi connectivity index (χ0v) is 15.9. The Morgan fingerprint density at radius 2 is 2.12 bits per heavy atom. The van der Waals surface area contributed by atoms with Crippen LogP contribution in [0.25, 0.3) is 0 Å². The Hall–Kier alpha value is -1.57. The molecule has 1 saturated heterocycles. The van der Waals surface area contributed by atoms with Gasteiger partial charge in [-0.15, -0.1) is 11.8 Å². The number of para-hydroxylation sites is 1. The molecule has 7 heteroatoms. The minimum absolute atomic E-state index is 0.0000624. The average Bonchev–Trinajstić information content (AvgIpc) is 2.82. The molecule has 0 aromatic heterocycles. The Kier molecular flexibility index (Phi) is 7.34. The number of carbonyl (C=O) groups excluding carboxylic acids is 2. The van der Waals surface area contributed by atoms with Gasteiger partial charge in [-0.25, -0.2) is 0 Å². The lowest BCUT2D eigenvalue weighted by Crippen LogP contribution is -2.38. The van der Waals surface area contributed by atoms with E-state index in [9.17, 15) is 9.59 Å². The number of hydrogen-bond donors (Lipinski definition) is 2. The van der Waals surface area contributed by atoms with Crippen molar-refractivity contribution in [2.75, 3.05) is 50.5 Å². The van der Waals surface area contributed by atoms with Gasteiger partial charge in [0.1, 0.15) is 0 Å². The molecule has 1 atom stereocenters. The summed E-state index contributed by atoms with van der Waals surface area (Å²) in [5.41, 5.74) is 2.06. The van der Waals surface area contributed by atoms with Crippen molar-refractivity contribution < 1.29 is 14.3 Å². The van der Waals surface area contributed by atoms with Crippen LogP contribution in [0.15, 0.2) is 24.3 Å². The number of aryl methyl sites for hydroxylation is 1. The first-order chi connectivity index (χ1) is 12.7. The Morgan fingerprint density at radius 3 is 2.96 bits per heavy atom. The van der Waals surface area contributed by atoms with Gasteiger partial charge in [0.2, 0.25) is 11.8 Å². The lowest BCUT2D eigenvalue weighted by molar-refractivity contribution is -0.118. The molecule has 2 amide bonds. The summed E-state index contributed by atoms with van der Waals surface area (Å²) in [6.07, 6.45) is 2.56. The van der Waals surface area contributed by atoms with Gasteiger partial charge in [0, 0.05) is 25.3 Å². The maximum atomic E-state index is 12.3. The number of nitrogens with one attached hydrogen (secondary N) is 2. The highest BCUT2D eigenvalue weighted by Crippen LogP contribution is 2.26. The molecule has 2 N–H and O–H groups in total. The van der Waals surface area contributed by atoms with Gasteiger partial charge in [-0.2, -0.15) is 0 Å². The molecule has 0 aliphatic carbocycles. The SMILES string of the molecule is O=C(CSC1CCc2ccccc2NC1=O)NCCCN1CCOCC1. The molecule has 26 heavy (non-hydrogen) atoms. The van der Waals surface area contributed by atoms with Crippen molar-refractivity contribution in [3.05, 3.63) is 29.8 Å². The lowest BCUT2D eigenvalue weighted by Gasteiger charge is -2.26. The molecular formula is C19H27N3O3S. The number of nitrogens with zero attached hydrogens (tertiary/aromatic N) is 1. The Morgan fingerprint density at radius 1 is 1.31 bits per heavy atom. The van der Waals surface area contributed by atoms with Gasteiger partial charge in [0.05, 0.1) is 24.2 Å². The van der Waals surface area contributed by atoms with Crippen LogP contribution < -0.4 is 10.6 Å². The van der Waals surface area contributed by atoms with E-state index in [0.29, 0.717) is 12.3 Å². The number of benzene rings is 1. The van der Waals surface area contributed by atoms with Gasteiger partial charge in [0.25, 0.3) is 0 Å². The molecule has 3 rings (SSSR count). The molecule has 0 saturated carbocycles. The maximum Gasteiger partial charge on any atom is 0.237 e. The number of carbonyl (C=O) groups is 2. The van der Waals surface area contributed by atoms with E-state index in [0.717, 1.165) is 63.4 Å². The first-order valence-electron chi connectivity index (χ1n) is 9.29. The maximum absolute atomic E-state index is 12.3. The van der Waals surface area contributed by atoms with Gasteiger partial charge in [-0.3, -0.25) is 14.5 Å². The number of thioether (sulfide) groups is 1. The predicted octanol–water partition coefficient (Wildman–Crippen LogP) is 1.51. The Balaban J connectivity index is 1.33. The molecule has 1 fully saturated rings. The molecule has 2 aliphatic rings. The Bertz CT molecular complexity index is 620. The van der Waals surface area contributed by atoms with E-state index >= 15 is 0 Å². The second-order valence-corrected chi connectivity index (χ2v) is 7.83. The van der Waals surface area contributed by atoms with Gasteiger partial charge < -0.3 is 15.4 Å². The summed E-state index contributed by atoms with van der Waals surface area (Å²) in [7, 11) is 0. The largest absolute Gasteiger partial charge is 0.379 e. The van der Waals surface area contributed by atoms with E-state index in [2.05, 4.69) is 15.5 Å². The van der Waals surface area contributed by atoms with E-state index < -0.39 is 0 Å². The van der Waals surface area contributed by atoms with Crippen molar-refractivity contribution in [2.24, 2.45) is 0 Å². The molecule has 2 heterocycles. The van der Waals surface area contributed by atoms with Crippen molar-refractivity contribution in [3.8, 4) is 0 Å². The van der Waals surface area contributed by atoms with Gasteiger partial charge in [-0.1, -0.05) is 18.2 Å². The number of hydrogen-bond acceptors (Lipinski definition) is 5. The quantitative estimate of drug-likeness (QED) is 0.705. The molecule has 142 valence electrons. The smallest absolute Gasteiger partial charge is 0.237 e. The molecular weight excluding hydrogens is 350 g/mol. The number of amides is 2. The monoisotopic (exact) mass is 377 g/mol. The summed E-state index contributed by atoms with van der Waals surface area (Å²) in [5.74, 6) is 0.331. The van der Waals surface area contributed by atoms with Crippen LogP contribution >= 0.6 is 11.8 Å². The van der Waals surface area contributed by atoms with E-state index in [4.69, 9.17) is 4.74 Å². The summed E-state index contributed by atoms with van der Waals surface area (Å²) in [6.45, 7) is 5.22. The van der Waals surface area contributed by atoms with Gasteiger partial charge in [-0.05, 0) is 37.4 Å². The van der Waals surface area contributed by atoms with Crippen LogP contribution in [0.4, 0.5) is 5.69 Å². The van der Waals surface area contributed by atoms with Gasteiger partial charge in [0.15, 0.2) is 0 Å². The van der Waals surface area contributed by atoms with Crippen LogP contribution in [-0.2, 0) is 20.7 Å². The fourth-order valence-corrected chi connectivity index (χ4v) is 4.18. The predicted molar refractivity (Wildman–Crippen MR) is 105 cm³/mol. The van der Waals surface area contributed by atoms with Crippen LogP contribution in [0.5, 0.6) is 0 Å². The Labute approximate surface area is 159 Å². The minimum Gasteiger partial charge on any atom is -0.379 e. The molecule has 0 radical (unpaired) electrons. The number of morpholine rings is 1. The van der Waals surface area contributed by atoms with Gasteiger partial charge >= 0.3 is 0 Å². The summed E-state index contributed by atoms with van der Waals surface area (Å²) in [5, 5.41) is 5.76. The highest BCUT2D eigenvalue weighted by atomic mass is 32.2. The fourth-order valence-electron chi connectivity index (χ4n) is 3.23. The summed E-state index contributed by atoms with van der Waals surface area (Å²) >= 11 is 1.43. The summed E-state index contributed by atoms with van der Waals surface area (Å²) < 4.78 is 5.33. The standard InChI is InChI=1S/C19H27N3O3S/c23-18(20-8-3-9-22-10-12-25-13-11-22)14-26-17-7-6-15-4-1-2-5-16(15)21-19(17)24/h1-2,4-5,17H,3,6-14H2,(H,20,23)(H,21,24). The first kappa shape index (κ1) is 19.2. The molecule has 1 unspecified atom stereocenters. The topological polar surface area (TPSA) is 70.7 Å². The third-order valence-electron chi connectivity index (χ3n) is 4.74. The molecule has 1 aromatic rings. The number of anilines is 1. The molecule has 6 nitrogen and oxygen atoms in total. The van der Waals surface area contributed by atoms with E-state index in [1.807, 2.05) is 24.3 Å². The van der Waals surface area contributed by atoms with Crippen LogP contribution in [0.3, 0.4) is 0 Å². The average molecular weight is 378 g/mol. The number of ether oxygens (including phenoxy) is 1. The van der Waals surface area contributed by atoms with Crippen molar-refractivity contribution in [3.63, 3.8) is 0 Å². The second kappa shape index (κ2) is 9.94. The molecule has 1 aromatic carbocycles. The minimum atomic E-state index is -0.179. The van der Waals surface area contributed by atoms with E-state index in [1.54, 1.807) is 0 Å². The van der Waals surface area contributed by atoms with Crippen molar-refractivity contribution in [2.45, 2.75) is 24.5 Å². The highest BCUT2D eigenvalue weighted by molar-refractivity contribution is 8.01. The third-order valence-corrected chi connectivity index (χ3v) is 6.02. The molecule has 0 bridgehead atoms. The summed E-state index contributed by atoms with van der Waals surface area (Å²) in [6, 6.07) is 7.89. The van der Waals surface area contributed by atoms with Crippen LogP contribution in [-0.4, -0.2) is 67.1 Å². The third kappa shape index (κ3) is 5.72. The van der Waals surface area contributed by atoms with Crippen molar-refractivity contribution >= 4 is 29.3 Å². The zero-order valence-electron chi connectivity index (χ0n) is 15.0. The molecule has 2 aliphatic heterocycles. The number of fused-ring (bicyclic) bond motifs is 1. The van der Waals surface area contributed by atoms with Crippen molar-refractivity contribution in [1.29, 1.82) is 0 Å². The first-order valence-corrected chi connectivity index (χ1v) is 10.3. The van der Waals surface area contributed by atoms with Crippen molar-refractivity contribution in [1.82, 2.24) is 10.2 Å². The van der Waals surface area contributed by atoms with Crippen LogP contribution in [0.1, 0.15) is 18.4 Å². The lowest BCUT2D eigenvalue weighted by atomic mass is 10.1. The van der Waals surface area contributed by atoms with Crippen LogP contribution in [0.2, 0.25) is 0 Å². The summed E-state index contributed by atoms with van der Waals surface area (Å²) in [4.78, 5) is 26.8. The van der Waals surface area contributed by atoms with E-state index in [-0.39, 0.29) is 17.1 Å². The number of rotatable bonds is 7. The fraction of sp³-hybridized carbons (Fsp3) is 0.579. The normalized spacial score (nSPS) is 20.8. The van der Waals surface area contributed by atoms with E-state index in [1.165, 1.54) is 11.8 Å². The highest BCUT2D eigenvalue weighted by Gasteiger charge is 2.24. The molecule has 0 spiro atoms. The second-order valence-electron chi connectivity index (χ2n) is 6.64.